The first-order chi connectivity index (χ1) is 15.2. The molecule has 0 saturated carbocycles. The summed E-state index contributed by atoms with van der Waals surface area (Å²) in [4.78, 5) is 25.4. The van der Waals surface area contributed by atoms with Gasteiger partial charge in [-0.2, -0.15) is 0 Å². The lowest BCUT2D eigenvalue weighted by Gasteiger charge is -2.33. The van der Waals surface area contributed by atoms with Crippen LogP contribution in [0.15, 0.2) is 45.3 Å². The second-order valence-corrected chi connectivity index (χ2v) is 12.5. The molecule has 0 N–H and O–H groups in total. The zero-order chi connectivity index (χ0) is 24.6. The Morgan fingerprint density at radius 2 is 1.09 bits per heavy atom. The smallest absolute Gasteiger partial charge is 0.306 e. The summed E-state index contributed by atoms with van der Waals surface area (Å²) in [5.41, 5.74) is 2.92. The summed E-state index contributed by atoms with van der Waals surface area (Å²) in [6.07, 6.45) is 1.59. The number of fused-ring (bicyclic) bond motifs is 3. The largest absolute Gasteiger partial charge is 0.460 e. The van der Waals surface area contributed by atoms with Gasteiger partial charge in [0, 0.05) is 27.2 Å². The van der Waals surface area contributed by atoms with Gasteiger partial charge >= 0.3 is 11.9 Å². The van der Waals surface area contributed by atoms with E-state index in [0.717, 1.165) is 31.2 Å². The van der Waals surface area contributed by atoms with Gasteiger partial charge in [0.2, 0.25) is 0 Å². The Kier molecular flexibility index (Phi) is 7.50. The molecule has 2 aromatic rings. The SMILES string of the molecule is CC(C)(C)OC(=O)CCC1(CCC(=O)OC(C)(C)C)c2cc(Br)ccc2-c2ccc(Br)cc21. The molecule has 0 spiro atoms. The molecular formula is C27H32Br2O4. The highest BCUT2D eigenvalue weighted by atomic mass is 79.9. The first kappa shape index (κ1) is 26.0. The molecule has 33 heavy (non-hydrogen) atoms. The van der Waals surface area contributed by atoms with Gasteiger partial charge in [0.25, 0.3) is 0 Å². The normalized spacial score (nSPS) is 14.4. The van der Waals surface area contributed by atoms with Crippen LogP contribution in [0.5, 0.6) is 0 Å². The number of benzene rings is 2. The van der Waals surface area contributed by atoms with E-state index in [9.17, 15) is 9.59 Å². The quantitative estimate of drug-likeness (QED) is 0.329. The van der Waals surface area contributed by atoms with E-state index in [4.69, 9.17) is 9.47 Å². The maximum absolute atomic E-state index is 12.7. The average molecular weight is 580 g/mol. The molecule has 0 radical (unpaired) electrons. The van der Waals surface area contributed by atoms with Crippen molar-refractivity contribution in [3.8, 4) is 11.1 Å². The van der Waals surface area contributed by atoms with Gasteiger partial charge in [0.05, 0.1) is 0 Å². The zero-order valence-corrected chi connectivity index (χ0v) is 23.4. The van der Waals surface area contributed by atoms with E-state index in [-0.39, 0.29) is 24.8 Å². The number of hydrogen-bond donors (Lipinski definition) is 0. The summed E-state index contributed by atoms with van der Waals surface area (Å²) >= 11 is 7.25. The molecule has 0 heterocycles. The first-order valence-electron chi connectivity index (χ1n) is 11.2. The third-order valence-corrected chi connectivity index (χ3v) is 6.62. The fourth-order valence-corrected chi connectivity index (χ4v) is 5.24. The van der Waals surface area contributed by atoms with Crippen molar-refractivity contribution in [1.29, 1.82) is 0 Å². The summed E-state index contributed by atoms with van der Waals surface area (Å²) in [7, 11) is 0. The third-order valence-electron chi connectivity index (χ3n) is 5.64. The summed E-state index contributed by atoms with van der Waals surface area (Å²) in [6.45, 7) is 11.2. The molecule has 0 aliphatic heterocycles. The Morgan fingerprint density at radius 1 is 0.727 bits per heavy atom. The number of halogens is 2. The number of hydrogen-bond acceptors (Lipinski definition) is 4. The molecule has 3 rings (SSSR count). The van der Waals surface area contributed by atoms with Crippen molar-refractivity contribution in [2.24, 2.45) is 0 Å². The Morgan fingerprint density at radius 3 is 1.42 bits per heavy atom. The molecule has 0 saturated heterocycles. The molecule has 0 aromatic heterocycles. The summed E-state index contributed by atoms with van der Waals surface area (Å²) in [5.74, 6) is -0.474. The van der Waals surface area contributed by atoms with E-state index in [1.807, 2.05) is 53.7 Å². The van der Waals surface area contributed by atoms with Gasteiger partial charge < -0.3 is 9.47 Å². The van der Waals surface area contributed by atoms with Crippen LogP contribution in [0, 0.1) is 0 Å². The topological polar surface area (TPSA) is 52.6 Å². The number of carbonyl (C=O) groups is 2. The molecule has 0 amide bonds. The van der Waals surface area contributed by atoms with Crippen molar-refractivity contribution in [3.05, 3.63) is 56.5 Å². The van der Waals surface area contributed by atoms with Crippen LogP contribution in [0.4, 0.5) is 0 Å². The van der Waals surface area contributed by atoms with Crippen LogP contribution < -0.4 is 0 Å². The molecule has 178 valence electrons. The highest BCUT2D eigenvalue weighted by Gasteiger charge is 2.44. The van der Waals surface area contributed by atoms with E-state index in [0.29, 0.717) is 12.8 Å². The molecule has 2 aromatic carbocycles. The van der Waals surface area contributed by atoms with E-state index >= 15 is 0 Å². The molecule has 4 nitrogen and oxygen atoms in total. The van der Waals surface area contributed by atoms with E-state index in [1.165, 1.54) is 0 Å². The van der Waals surface area contributed by atoms with Crippen molar-refractivity contribution in [2.45, 2.75) is 83.8 Å². The predicted octanol–water partition coefficient (Wildman–Crippen LogP) is 7.72. The van der Waals surface area contributed by atoms with Crippen LogP contribution in [0.1, 0.15) is 78.4 Å². The highest BCUT2D eigenvalue weighted by molar-refractivity contribution is 9.10. The minimum atomic E-state index is -0.543. The van der Waals surface area contributed by atoms with Crippen molar-refractivity contribution in [1.82, 2.24) is 0 Å². The van der Waals surface area contributed by atoms with Crippen LogP contribution in [0.2, 0.25) is 0 Å². The number of carbonyl (C=O) groups excluding carboxylic acids is 2. The lowest BCUT2D eigenvalue weighted by atomic mass is 9.71. The van der Waals surface area contributed by atoms with Crippen molar-refractivity contribution < 1.29 is 19.1 Å². The number of rotatable bonds is 6. The summed E-state index contributed by atoms with van der Waals surface area (Å²) < 4.78 is 13.1. The molecule has 1 aliphatic rings. The van der Waals surface area contributed by atoms with Crippen LogP contribution >= 0.6 is 31.9 Å². The van der Waals surface area contributed by atoms with Gasteiger partial charge in [0.15, 0.2) is 0 Å². The zero-order valence-electron chi connectivity index (χ0n) is 20.2. The van der Waals surface area contributed by atoms with Crippen molar-refractivity contribution in [3.63, 3.8) is 0 Å². The predicted molar refractivity (Wildman–Crippen MR) is 138 cm³/mol. The molecule has 0 fully saturated rings. The Labute approximate surface area is 213 Å². The minimum Gasteiger partial charge on any atom is -0.460 e. The maximum atomic E-state index is 12.7. The van der Waals surface area contributed by atoms with Gasteiger partial charge in [-0.05, 0) is 101 Å². The Hall–Kier alpha value is -1.66. The van der Waals surface area contributed by atoms with Gasteiger partial charge in [0.1, 0.15) is 11.2 Å². The Balaban J connectivity index is 2.04. The van der Waals surface area contributed by atoms with E-state index in [2.05, 4.69) is 56.1 Å². The minimum absolute atomic E-state index is 0.237. The second-order valence-electron chi connectivity index (χ2n) is 10.6. The van der Waals surface area contributed by atoms with Crippen LogP contribution in [-0.2, 0) is 24.5 Å². The standard InChI is InChI=1S/C27H32Br2O4/c1-25(2,3)32-23(30)11-13-27(14-12-24(31)33-26(4,5)6)21-15-17(28)7-9-19(21)20-10-8-18(29)16-22(20)27/h7-10,15-16H,11-14H2,1-6H3. The monoisotopic (exact) mass is 578 g/mol. The maximum Gasteiger partial charge on any atom is 0.306 e. The van der Waals surface area contributed by atoms with Gasteiger partial charge in [-0.25, -0.2) is 0 Å². The van der Waals surface area contributed by atoms with Crippen LogP contribution in [-0.4, -0.2) is 23.1 Å². The highest BCUT2D eigenvalue weighted by Crippen LogP contribution is 2.55. The fourth-order valence-electron chi connectivity index (χ4n) is 4.52. The fraction of sp³-hybridized carbons (Fsp3) is 0.481. The van der Waals surface area contributed by atoms with Crippen molar-refractivity contribution >= 4 is 43.8 Å². The summed E-state index contributed by atoms with van der Waals surface area (Å²) in [6, 6.07) is 12.5. The average Bonchev–Trinajstić information content (AvgIpc) is 2.91. The third kappa shape index (κ3) is 6.27. The van der Waals surface area contributed by atoms with Crippen LogP contribution in [0.3, 0.4) is 0 Å². The number of ether oxygens (including phenoxy) is 2. The molecule has 0 unspecified atom stereocenters. The molecule has 1 aliphatic carbocycles. The second kappa shape index (κ2) is 9.53. The first-order valence-corrected chi connectivity index (χ1v) is 12.8. The molecule has 0 bridgehead atoms. The van der Waals surface area contributed by atoms with E-state index < -0.39 is 16.6 Å². The van der Waals surface area contributed by atoms with Gasteiger partial charge in [-0.3, -0.25) is 9.59 Å². The number of esters is 2. The van der Waals surface area contributed by atoms with Gasteiger partial charge in [-0.15, -0.1) is 0 Å². The molecule has 0 atom stereocenters. The molecular weight excluding hydrogens is 548 g/mol. The van der Waals surface area contributed by atoms with Crippen LogP contribution in [0.25, 0.3) is 11.1 Å². The lowest BCUT2D eigenvalue weighted by molar-refractivity contribution is -0.155. The van der Waals surface area contributed by atoms with Gasteiger partial charge in [-0.1, -0.05) is 44.0 Å². The van der Waals surface area contributed by atoms with Crippen molar-refractivity contribution in [2.75, 3.05) is 0 Å². The van der Waals surface area contributed by atoms with E-state index in [1.54, 1.807) is 0 Å². The lowest BCUT2D eigenvalue weighted by Crippen LogP contribution is -2.31. The molecule has 6 heteroatoms. The Bertz CT molecular complexity index is 975. The summed E-state index contributed by atoms with van der Waals surface area (Å²) in [5, 5.41) is 0.